The molecule has 2 rings (SSSR count). The molecule has 1 saturated heterocycles. The van der Waals surface area contributed by atoms with Crippen LogP contribution in [0.1, 0.15) is 25.3 Å². The van der Waals surface area contributed by atoms with Crippen molar-refractivity contribution >= 4 is 17.5 Å². The molecule has 0 spiro atoms. The van der Waals surface area contributed by atoms with Gasteiger partial charge in [-0.15, -0.1) is 0 Å². The third kappa shape index (κ3) is 3.49. The van der Waals surface area contributed by atoms with E-state index in [1.165, 1.54) is 12.1 Å². The van der Waals surface area contributed by atoms with Crippen molar-refractivity contribution in [3.05, 3.63) is 34.6 Å². The maximum atomic E-state index is 13.0. The largest absolute Gasteiger partial charge is 0.341 e. The molecular weight excluding hydrogens is 279 g/mol. The second-order valence-electron chi connectivity index (χ2n) is 5.42. The van der Waals surface area contributed by atoms with Crippen LogP contribution >= 0.6 is 11.6 Å². The van der Waals surface area contributed by atoms with E-state index in [4.69, 9.17) is 17.3 Å². The Morgan fingerprint density at radius 1 is 1.50 bits per heavy atom. The summed E-state index contributed by atoms with van der Waals surface area (Å²) in [7, 11) is 0. The number of rotatable bonds is 4. The molecule has 1 amide bonds. The highest BCUT2D eigenvalue weighted by molar-refractivity contribution is 6.31. The normalized spacial score (nSPS) is 22.3. The van der Waals surface area contributed by atoms with Crippen molar-refractivity contribution in [2.24, 2.45) is 11.7 Å². The van der Waals surface area contributed by atoms with E-state index in [0.717, 1.165) is 12.8 Å². The topological polar surface area (TPSA) is 46.3 Å². The number of likely N-dealkylation sites (tertiary alicyclic amines) is 1. The lowest BCUT2D eigenvalue weighted by molar-refractivity contribution is -0.129. The molecule has 0 bridgehead atoms. The quantitative estimate of drug-likeness (QED) is 0.929. The molecule has 1 aliphatic heterocycles. The van der Waals surface area contributed by atoms with Gasteiger partial charge in [-0.1, -0.05) is 31.0 Å². The minimum absolute atomic E-state index is 0.00700. The average molecular weight is 299 g/mol. The van der Waals surface area contributed by atoms with Crippen LogP contribution in [0.15, 0.2) is 18.2 Å². The Morgan fingerprint density at radius 3 is 2.90 bits per heavy atom. The minimum Gasteiger partial charge on any atom is -0.341 e. The summed E-state index contributed by atoms with van der Waals surface area (Å²) in [5.74, 6) is -0.00222. The van der Waals surface area contributed by atoms with Crippen molar-refractivity contribution in [3.8, 4) is 0 Å². The molecule has 1 aliphatic rings. The summed E-state index contributed by atoms with van der Waals surface area (Å²) >= 11 is 5.95. The van der Waals surface area contributed by atoms with E-state index in [2.05, 4.69) is 6.92 Å². The van der Waals surface area contributed by atoms with E-state index in [1.54, 1.807) is 11.0 Å². The fourth-order valence-electron chi connectivity index (χ4n) is 2.72. The van der Waals surface area contributed by atoms with Crippen LogP contribution in [0.2, 0.25) is 5.02 Å². The molecule has 0 saturated carbocycles. The Morgan fingerprint density at radius 2 is 2.25 bits per heavy atom. The van der Waals surface area contributed by atoms with Crippen LogP contribution in [0.5, 0.6) is 0 Å². The van der Waals surface area contributed by atoms with Gasteiger partial charge in [0.25, 0.3) is 0 Å². The molecule has 1 aromatic carbocycles. The van der Waals surface area contributed by atoms with Gasteiger partial charge in [-0.25, -0.2) is 4.39 Å². The standard InChI is InChI=1S/C15H20ClFN2O/c1-2-3-11-8-19(9-14(11)18)15(20)6-10-4-5-12(17)7-13(10)16/h4-5,7,11,14H,2-3,6,8-9,18H2,1H3/t11-,14-/m0/s1. The van der Waals surface area contributed by atoms with E-state index in [9.17, 15) is 9.18 Å². The zero-order valence-corrected chi connectivity index (χ0v) is 12.4. The van der Waals surface area contributed by atoms with Crippen molar-refractivity contribution in [1.82, 2.24) is 4.90 Å². The first-order valence-electron chi connectivity index (χ1n) is 6.98. The predicted octanol–water partition coefficient (Wildman–Crippen LogP) is 2.61. The Hall–Kier alpha value is -1.13. The number of hydrogen-bond donors (Lipinski definition) is 1. The van der Waals surface area contributed by atoms with Gasteiger partial charge in [0, 0.05) is 24.2 Å². The van der Waals surface area contributed by atoms with Crippen molar-refractivity contribution in [2.75, 3.05) is 13.1 Å². The highest BCUT2D eigenvalue weighted by Gasteiger charge is 2.32. The maximum Gasteiger partial charge on any atom is 0.227 e. The smallest absolute Gasteiger partial charge is 0.227 e. The van der Waals surface area contributed by atoms with Gasteiger partial charge in [0.2, 0.25) is 5.91 Å². The van der Waals surface area contributed by atoms with Crippen LogP contribution in [-0.2, 0) is 11.2 Å². The van der Waals surface area contributed by atoms with Crippen LogP contribution in [-0.4, -0.2) is 29.9 Å². The second-order valence-corrected chi connectivity index (χ2v) is 5.83. The summed E-state index contributed by atoms with van der Waals surface area (Å²) < 4.78 is 13.0. The molecule has 3 nitrogen and oxygen atoms in total. The van der Waals surface area contributed by atoms with Gasteiger partial charge in [-0.2, -0.15) is 0 Å². The van der Waals surface area contributed by atoms with Gasteiger partial charge in [-0.05, 0) is 30.0 Å². The molecule has 110 valence electrons. The third-order valence-electron chi connectivity index (χ3n) is 3.86. The van der Waals surface area contributed by atoms with Crippen LogP contribution < -0.4 is 5.73 Å². The first kappa shape index (κ1) is 15.3. The summed E-state index contributed by atoms with van der Waals surface area (Å²) in [6, 6.07) is 4.18. The Bertz CT molecular complexity index is 495. The Kier molecular flexibility index (Phi) is 5.00. The van der Waals surface area contributed by atoms with E-state index in [1.807, 2.05) is 0 Å². The number of nitrogens with two attached hydrogens (primary N) is 1. The average Bonchev–Trinajstić information content (AvgIpc) is 2.75. The highest BCUT2D eigenvalue weighted by atomic mass is 35.5. The zero-order chi connectivity index (χ0) is 14.7. The summed E-state index contributed by atoms with van der Waals surface area (Å²) in [6.45, 7) is 3.43. The SMILES string of the molecule is CCC[C@H]1CN(C(=O)Cc2ccc(F)cc2Cl)C[C@@H]1N. The van der Waals surface area contributed by atoms with Crippen LogP contribution in [0, 0.1) is 11.7 Å². The maximum absolute atomic E-state index is 13.0. The summed E-state index contributed by atoms with van der Waals surface area (Å²) in [5.41, 5.74) is 6.72. The minimum atomic E-state index is -0.391. The number of carbonyl (C=O) groups excluding carboxylic acids is 1. The molecule has 5 heteroatoms. The molecular formula is C15H20ClFN2O. The summed E-state index contributed by atoms with van der Waals surface area (Å²) in [4.78, 5) is 14.1. The summed E-state index contributed by atoms with van der Waals surface area (Å²) in [5, 5.41) is 0.298. The van der Waals surface area contributed by atoms with Gasteiger partial charge in [-0.3, -0.25) is 4.79 Å². The van der Waals surface area contributed by atoms with E-state index in [0.29, 0.717) is 29.6 Å². The van der Waals surface area contributed by atoms with Gasteiger partial charge in [0.15, 0.2) is 0 Å². The summed E-state index contributed by atoms with van der Waals surface area (Å²) in [6.07, 6.45) is 2.32. The van der Waals surface area contributed by atoms with E-state index >= 15 is 0 Å². The Labute approximate surface area is 123 Å². The number of amides is 1. The molecule has 0 aliphatic carbocycles. The lowest BCUT2D eigenvalue weighted by Crippen LogP contribution is -2.33. The molecule has 2 atom stereocenters. The molecule has 1 fully saturated rings. The van der Waals surface area contributed by atoms with Crippen LogP contribution in [0.4, 0.5) is 4.39 Å². The van der Waals surface area contributed by atoms with Gasteiger partial charge in [0.1, 0.15) is 5.82 Å². The molecule has 2 N–H and O–H groups in total. The molecule has 0 radical (unpaired) electrons. The molecule has 1 heterocycles. The fourth-order valence-corrected chi connectivity index (χ4v) is 2.95. The lowest BCUT2D eigenvalue weighted by Gasteiger charge is -2.16. The lowest BCUT2D eigenvalue weighted by atomic mass is 9.99. The predicted molar refractivity (Wildman–Crippen MR) is 78.1 cm³/mol. The molecule has 1 aromatic rings. The Balaban J connectivity index is 1.99. The van der Waals surface area contributed by atoms with Gasteiger partial charge >= 0.3 is 0 Å². The van der Waals surface area contributed by atoms with Crippen molar-refractivity contribution in [3.63, 3.8) is 0 Å². The number of hydrogen-bond acceptors (Lipinski definition) is 2. The van der Waals surface area contributed by atoms with Crippen LogP contribution in [0.3, 0.4) is 0 Å². The highest BCUT2D eigenvalue weighted by Crippen LogP contribution is 2.23. The number of benzene rings is 1. The second kappa shape index (κ2) is 6.55. The first-order valence-corrected chi connectivity index (χ1v) is 7.36. The zero-order valence-electron chi connectivity index (χ0n) is 11.6. The fraction of sp³-hybridized carbons (Fsp3) is 0.533. The third-order valence-corrected chi connectivity index (χ3v) is 4.21. The number of nitrogens with zero attached hydrogens (tertiary/aromatic N) is 1. The van der Waals surface area contributed by atoms with Crippen molar-refractivity contribution in [1.29, 1.82) is 0 Å². The van der Waals surface area contributed by atoms with E-state index < -0.39 is 5.82 Å². The van der Waals surface area contributed by atoms with Gasteiger partial charge in [0.05, 0.1) is 6.42 Å². The number of halogens is 2. The molecule has 20 heavy (non-hydrogen) atoms. The molecule has 0 unspecified atom stereocenters. The number of carbonyl (C=O) groups is 1. The monoisotopic (exact) mass is 298 g/mol. The van der Waals surface area contributed by atoms with Crippen molar-refractivity contribution < 1.29 is 9.18 Å². The van der Waals surface area contributed by atoms with Crippen molar-refractivity contribution in [2.45, 2.75) is 32.2 Å². The van der Waals surface area contributed by atoms with E-state index in [-0.39, 0.29) is 18.4 Å². The van der Waals surface area contributed by atoms with Crippen LogP contribution in [0.25, 0.3) is 0 Å². The molecule has 0 aromatic heterocycles. The van der Waals surface area contributed by atoms with Gasteiger partial charge < -0.3 is 10.6 Å². The first-order chi connectivity index (χ1) is 9.51.